The van der Waals surface area contributed by atoms with Crippen molar-refractivity contribution in [3.8, 4) is 0 Å². The third kappa shape index (κ3) is 4.18. The molecule has 6 heteroatoms. The van der Waals surface area contributed by atoms with Crippen molar-refractivity contribution >= 4 is 11.8 Å². The number of hydrogen-bond donors (Lipinski definition) is 0. The van der Waals surface area contributed by atoms with Crippen molar-refractivity contribution in [1.82, 2.24) is 9.88 Å². The van der Waals surface area contributed by atoms with E-state index in [9.17, 15) is 9.90 Å². The molecular weight excluding hydrogens is 253 g/mol. The number of aromatic nitrogens is 1. The number of nitrogens with zero attached hydrogens (tertiary/aromatic N) is 3. The largest absolute Gasteiger partial charge is 1.00 e. The van der Waals surface area contributed by atoms with Gasteiger partial charge in [0.05, 0.1) is 5.97 Å². The zero-order chi connectivity index (χ0) is 13.1. The molecule has 1 fully saturated rings. The van der Waals surface area contributed by atoms with Gasteiger partial charge in [-0.1, -0.05) is 0 Å². The number of pyridine rings is 1. The first-order chi connectivity index (χ1) is 8.58. The number of carboxylic acids is 1. The van der Waals surface area contributed by atoms with E-state index in [0.717, 1.165) is 32.0 Å². The number of carbonyl (C=O) groups is 1. The van der Waals surface area contributed by atoms with Gasteiger partial charge < -0.3 is 14.8 Å². The molecule has 0 atom stereocenters. The molecule has 0 bridgehead atoms. The fraction of sp³-hybridized carbons (Fsp3) is 0.538. The summed E-state index contributed by atoms with van der Waals surface area (Å²) in [5.41, 5.74) is 0.125. The summed E-state index contributed by atoms with van der Waals surface area (Å²) < 4.78 is 0. The van der Waals surface area contributed by atoms with Gasteiger partial charge in [-0.2, -0.15) is 0 Å². The summed E-state index contributed by atoms with van der Waals surface area (Å²) in [7, 11) is 0. The standard InChI is InChI=1S/C13H19N3O2.Na/c1-10(2)15-5-7-16(8-6-15)12-4-3-11(9-14-12)13(17)18;/h3-4,9-10H,5-8H2,1-2H3,(H,17,18);/q;+1/p-1. The fourth-order valence-electron chi connectivity index (χ4n) is 2.16. The average molecular weight is 271 g/mol. The molecule has 1 aliphatic rings. The van der Waals surface area contributed by atoms with Gasteiger partial charge >= 0.3 is 29.6 Å². The Morgan fingerprint density at radius 2 is 1.89 bits per heavy atom. The van der Waals surface area contributed by atoms with Crippen molar-refractivity contribution in [2.75, 3.05) is 31.1 Å². The first kappa shape index (κ1) is 16.4. The molecule has 5 nitrogen and oxygen atoms in total. The molecule has 0 radical (unpaired) electrons. The fourth-order valence-corrected chi connectivity index (χ4v) is 2.16. The maximum Gasteiger partial charge on any atom is 1.00 e. The molecule has 0 spiro atoms. The van der Waals surface area contributed by atoms with Crippen molar-refractivity contribution in [3.05, 3.63) is 23.9 Å². The first-order valence-electron chi connectivity index (χ1n) is 6.24. The second kappa shape index (κ2) is 7.24. The molecule has 1 aromatic rings. The maximum absolute atomic E-state index is 10.6. The topological polar surface area (TPSA) is 59.5 Å². The summed E-state index contributed by atoms with van der Waals surface area (Å²) in [4.78, 5) is 19.4. The van der Waals surface area contributed by atoms with Crippen molar-refractivity contribution < 1.29 is 39.5 Å². The smallest absolute Gasteiger partial charge is 0.545 e. The molecule has 1 aromatic heterocycles. The van der Waals surface area contributed by atoms with Gasteiger partial charge in [0.2, 0.25) is 0 Å². The minimum Gasteiger partial charge on any atom is -0.545 e. The van der Waals surface area contributed by atoms with Crippen LogP contribution in [-0.2, 0) is 0 Å². The van der Waals surface area contributed by atoms with Gasteiger partial charge in [0.15, 0.2) is 0 Å². The van der Waals surface area contributed by atoms with Crippen LogP contribution in [0.1, 0.15) is 24.2 Å². The monoisotopic (exact) mass is 271 g/mol. The molecule has 0 N–H and O–H groups in total. The zero-order valence-electron chi connectivity index (χ0n) is 11.8. The van der Waals surface area contributed by atoms with Crippen LogP contribution < -0.4 is 39.6 Å². The minimum atomic E-state index is -1.18. The van der Waals surface area contributed by atoms with Gasteiger partial charge in [-0.25, -0.2) is 4.98 Å². The van der Waals surface area contributed by atoms with E-state index < -0.39 is 5.97 Å². The number of hydrogen-bond acceptors (Lipinski definition) is 5. The van der Waals surface area contributed by atoms with Gasteiger partial charge in [-0.05, 0) is 26.0 Å². The third-order valence-electron chi connectivity index (χ3n) is 3.35. The zero-order valence-corrected chi connectivity index (χ0v) is 13.8. The predicted molar refractivity (Wildman–Crippen MR) is 67.5 cm³/mol. The number of aromatic carboxylic acids is 1. The minimum absolute atomic E-state index is 0. The molecule has 0 aliphatic carbocycles. The van der Waals surface area contributed by atoms with Crippen LogP contribution in [0.25, 0.3) is 0 Å². The second-order valence-corrected chi connectivity index (χ2v) is 4.81. The second-order valence-electron chi connectivity index (χ2n) is 4.81. The first-order valence-corrected chi connectivity index (χ1v) is 6.24. The quantitative estimate of drug-likeness (QED) is 0.548. The van der Waals surface area contributed by atoms with Gasteiger partial charge in [-0.3, -0.25) is 4.90 Å². The van der Waals surface area contributed by atoms with E-state index >= 15 is 0 Å². The summed E-state index contributed by atoms with van der Waals surface area (Å²) in [6, 6.07) is 3.86. The van der Waals surface area contributed by atoms with E-state index in [1.165, 1.54) is 6.20 Å². The van der Waals surface area contributed by atoms with Crippen LogP contribution in [0.5, 0.6) is 0 Å². The number of carbonyl (C=O) groups excluding carboxylic acids is 1. The summed E-state index contributed by atoms with van der Waals surface area (Å²) >= 11 is 0. The van der Waals surface area contributed by atoms with Crippen molar-refractivity contribution in [2.45, 2.75) is 19.9 Å². The summed E-state index contributed by atoms with van der Waals surface area (Å²) in [5, 5.41) is 10.6. The Kier molecular flexibility index (Phi) is 6.26. The molecule has 19 heavy (non-hydrogen) atoms. The van der Waals surface area contributed by atoms with E-state index in [4.69, 9.17) is 0 Å². The van der Waals surface area contributed by atoms with E-state index in [2.05, 4.69) is 28.6 Å². The van der Waals surface area contributed by atoms with Crippen LogP contribution >= 0.6 is 0 Å². The summed E-state index contributed by atoms with van der Waals surface area (Å²) in [6.45, 7) is 8.28. The Labute approximate surface area is 135 Å². The Hall–Kier alpha value is -0.620. The molecule has 1 aliphatic heterocycles. The average Bonchev–Trinajstić information content (AvgIpc) is 2.39. The van der Waals surface area contributed by atoms with Crippen LogP contribution in [0.3, 0.4) is 0 Å². The van der Waals surface area contributed by atoms with Crippen LogP contribution in [-0.4, -0.2) is 48.1 Å². The normalized spacial score (nSPS) is 16.3. The third-order valence-corrected chi connectivity index (χ3v) is 3.35. The predicted octanol–water partition coefficient (Wildman–Crippen LogP) is -3.02. The van der Waals surface area contributed by atoms with Gasteiger partial charge in [0, 0.05) is 44.0 Å². The molecule has 1 saturated heterocycles. The van der Waals surface area contributed by atoms with Gasteiger partial charge in [-0.15, -0.1) is 0 Å². The Morgan fingerprint density at radius 3 is 2.32 bits per heavy atom. The number of carboxylic acid groups (broad SMARTS) is 1. The Bertz CT molecular complexity index is 414. The van der Waals surface area contributed by atoms with Crippen molar-refractivity contribution in [2.24, 2.45) is 0 Å². The number of anilines is 1. The Balaban J connectivity index is 0.00000180. The molecule has 2 heterocycles. The van der Waals surface area contributed by atoms with Crippen molar-refractivity contribution in [1.29, 1.82) is 0 Å². The molecule has 0 saturated carbocycles. The van der Waals surface area contributed by atoms with E-state index in [-0.39, 0.29) is 35.1 Å². The SMILES string of the molecule is CC(C)N1CCN(c2ccc(C(=O)[O-])cn2)CC1.[Na+]. The maximum atomic E-state index is 10.6. The molecule has 0 amide bonds. The van der Waals surface area contributed by atoms with Crippen LogP contribution in [0.4, 0.5) is 5.82 Å². The van der Waals surface area contributed by atoms with Gasteiger partial charge in [0.1, 0.15) is 5.82 Å². The molecule has 98 valence electrons. The molecule has 0 aromatic carbocycles. The number of rotatable bonds is 3. The van der Waals surface area contributed by atoms with E-state index in [1.807, 2.05) is 0 Å². The van der Waals surface area contributed by atoms with Crippen LogP contribution in [0.15, 0.2) is 18.3 Å². The molecular formula is C13H18N3NaO2. The van der Waals surface area contributed by atoms with Crippen LogP contribution in [0.2, 0.25) is 0 Å². The molecule has 0 unspecified atom stereocenters. The van der Waals surface area contributed by atoms with E-state index in [1.54, 1.807) is 12.1 Å². The van der Waals surface area contributed by atoms with E-state index in [0.29, 0.717) is 6.04 Å². The molecule has 2 rings (SSSR count). The van der Waals surface area contributed by atoms with Crippen LogP contribution in [0, 0.1) is 0 Å². The van der Waals surface area contributed by atoms with Gasteiger partial charge in [0.25, 0.3) is 0 Å². The Morgan fingerprint density at radius 1 is 1.26 bits per heavy atom. The summed E-state index contributed by atoms with van der Waals surface area (Å²) in [5.74, 6) is -0.345. The number of piperazine rings is 1. The van der Waals surface area contributed by atoms with Crippen molar-refractivity contribution in [3.63, 3.8) is 0 Å². The summed E-state index contributed by atoms with van der Waals surface area (Å²) in [6.07, 6.45) is 1.36.